The number of anilines is 2. The molecule has 0 saturated carbocycles. The van der Waals surface area contributed by atoms with Gasteiger partial charge in [-0.2, -0.15) is 0 Å². The summed E-state index contributed by atoms with van der Waals surface area (Å²) in [6.07, 6.45) is 1.37. The van der Waals surface area contributed by atoms with Crippen molar-refractivity contribution in [2.24, 2.45) is 0 Å². The van der Waals surface area contributed by atoms with Crippen LogP contribution in [0.25, 0.3) is 0 Å². The van der Waals surface area contributed by atoms with E-state index in [9.17, 15) is 28.1 Å². The fraction of sp³-hybridized carbons (Fsp3) is 0.200. The Morgan fingerprint density at radius 2 is 1.89 bits per heavy atom. The van der Waals surface area contributed by atoms with Gasteiger partial charge in [-0.3, -0.25) is 19.2 Å². The first-order valence-electron chi connectivity index (χ1n) is 11.3. The highest BCUT2D eigenvalue weighted by molar-refractivity contribution is 7.93. The molecule has 0 aromatic heterocycles. The molecule has 4 rings (SSSR count). The maximum Gasteiger partial charge on any atom is 0.338 e. The van der Waals surface area contributed by atoms with Crippen molar-refractivity contribution in [3.63, 3.8) is 0 Å². The van der Waals surface area contributed by atoms with Crippen LogP contribution in [0.1, 0.15) is 22.3 Å². The fourth-order valence-electron chi connectivity index (χ4n) is 4.04. The number of nitrogens with zero attached hydrogens (tertiary/aromatic N) is 2. The highest BCUT2D eigenvalue weighted by Crippen LogP contribution is 2.35. The van der Waals surface area contributed by atoms with E-state index >= 15 is 0 Å². The summed E-state index contributed by atoms with van der Waals surface area (Å²) in [6, 6.07) is 14.6. The van der Waals surface area contributed by atoms with E-state index in [4.69, 9.17) is 21.1 Å². The lowest BCUT2D eigenvalue weighted by molar-refractivity contribution is -0.383. The molecule has 0 aliphatic carbocycles. The van der Waals surface area contributed by atoms with Crippen LogP contribution >= 0.6 is 11.6 Å². The third-order valence-electron chi connectivity index (χ3n) is 5.80. The molecule has 0 spiro atoms. The molecule has 38 heavy (non-hydrogen) atoms. The van der Waals surface area contributed by atoms with Gasteiger partial charge in [-0.05, 0) is 54.8 Å². The van der Waals surface area contributed by atoms with Gasteiger partial charge in [0, 0.05) is 17.6 Å². The summed E-state index contributed by atoms with van der Waals surface area (Å²) in [5, 5.41) is 13.6. The fourth-order valence-corrected chi connectivity index (χ4v) is 5.93. The van der Waals surface area contributed by atoms with Gasteiger partial charge < -0.3 is 14.8 Å². The number of amides is 1. The van der Waals surface area contributed by atoms with E-state index in [0.29, 0.717) is 12.1 Å². The highest BCUT2D eigenvalue weighted by Gasteiger charge is 2.32. The van der Waals surface area contributed by atoms with Gasteiger partial charge >= 0.3 is 5.97 Å². The molecule has 1 amide bonds. The lowest BCUT2D eigenvalue weighted by Gasteiger charge is -2.30. The summed E-state index contributed by atoms with van der Waals surface area (Å²) < 4.78 is 38.9. The Kier molecular flexibility index (Phi) is 7.83. The van der Waals surface area contributed by atoms with E-state index in [0.717, 1.165) is 24.1 Å². The number of hydrogen-bond donors (Lipinski definition) is 1. The summed E-state index contributed by atoms with van der Waals surface area (Å²) in [5.41, 5.74) is 0.770. The van der Waals surface area contributed by atoms with Crippen molar-refractivity contribution < 1.29 is 32.4 Å². The molecule has 1 heterocycles. The topological polar surface area (TPSA) is 145 Å². The van der Waals surface area contributed by atoms with Gasteiger partial charge in [0.25, 0.3) is 21.6 Å². The van der Waals surface area contributed by atoms with Crippen LogP contribution < -0.4 is 14.4 Å². The van der Waals surface area contributed by atoms with E-state index in [2.05, 4.69) is 5.32 Å². The number of benzene rings is 3. The number of carbonyl (C=O) groups is 2. The van der Waals surface area contributed by atoms with Gasteiger partial charge in [0.2, 0.25) is 0 Å². The number of para-hydroxylation sites is 1. The van der Waals surface area contributed by atoms with Crippen molar-refractivity contribution in [3.05, 3.63) is 86.9 Å². The summed E-state index contributed by atoms with van der Waals surface area (Å²) in [5.74, 6) is -1.77. The number of aryl methyl sites for hydroxylation is 1. The zero-order chi connectivity index (χ0) is 27.4. The van der Waals surface area contributed by atoms with Gasteiger partial charge in [0.05, 0.1) is 23.3 Å². The third kappa shape index (κ3) is 5.55. The monoisotopic (exact) mass is 559 g/mol. The molecular formula is C25H22ClN3O8S. The van der Waals surface area contributed by atoms with E-state index in [-0.39, 0.29) is 33.5 Å². The molecule has 11 nitrogen and oxygen atoms in total. The maximum atomic E-state index is 13.6. The van der Waals surface area contributed by atoms with E-state index in [1.165, 1.54) is 35.7 Å². The minimum Gasteiger partial charge on any atom is -0.495 e. The zero-order valence-electron chi connectivity index (χ0n) is 20.0. The molecule has 0 saturated heterocycles. The van der Waals surface area contributed by atoms with Crippen molar-refractivity contribution in [1.82, 2.24) is 0 Å². The molecule has 0 atom stereocenters. The van der Waals surface area contributed by atoms with Crippen LogP contribution in [-0.4, -0.2) is 45.5 Å². The molecule has 3 aromatic carbocycles. The Labute approximate surface area is 223 Å². The summed E-state index contributed by atoms with van der Waals surface area (Å²) in [4.78, 5) is 35.2. The van der Waals surface area contributed by atoms with Crippen LogP contribution in [0.3, 0.4) is 0 Å². The number of rotatable bonds is 8. The first-order valence-corrected chi connectivity index (χ1v) is 13.1. The van der Waals surface area contributed by atoms with Crippen molar-refractivity contribution in [3.8, 4) is 5.75 Å². The molecular weight excluding hydrogens is 538 g/mol. The number of nitro benzene ring substituents is 1. The summed E-state index contributed by atoms with van der Waals surface area (Å²) in [6.45, 7) is -0.513. The number of carbonyl (C=O) groups excluding carboxylic acids is 2. The van der Waals surface area contributed by atoms with E-state index in [1.54, 1.807) is 12.1 Å². The Balaban J connectivity index is 1.53. The van der Waals surface area contributed by atoms with Gasteiger partial charge in [0.15, 0.2) is 6.61 Å². The number of sulfonamides is 1. The lowest BCUT2D eigenvalue weighted by Crippen LogP contribution is -2.35. The molecule has 1 N–H and O–H groups in total. The first-order chi connectivity index (χ1) is 18.1. The Morgan fingerprint density at radius 1 is 1.13 bits per heavy atom. The molecule has 0 fully saturated rings. The molecule has 1 aliphatic rings. The molecule has 1 aliphatic heterocycles. The number of methoxy groups -OCH3 is 1. The quantitative estimate of drug-likeness (QED) is 0.245. The van der Waals surface area contributed by atoms with Crippen molar-refractivity contribution in [1.29, 1.82) is 0 Å². The van der Waals surface area contributed by atoms with Crippen molar-refractivity contribution >= 4 is 50.6 Å². The van der Waals surface area contributed by atoms with Gasteiger partial charge in [-0.1, -0.05) is 29.8 Å². The van der Waals surface area contributed by atoms with Gasteiger partial charge in [-0.15, -0.1) is 0 Å². The largest absolute Gasteiger partial charge is 0.495 e. The molecule has 0 unspecified atom stereocenters. The molecule has 0 radical (unpaired) electrons. The van der Waals surface area contributed by atoms with Crippen molar-refractivity contribution in [2.45, 2.75) is 17.7 Å². The van der Waals surface area contributed by atoms with Crippen LogP contribution in [0.15, 0.2) is 65.6 Å². The number of hydrogen-bond acceptors (Lipinski definition) is 8. The van der Waals surface area contributed by atoms with E-state index < -0.39 is 39.1 Å². The number of ether oxygens (including phenoxy) is 2. The van der Waals surface area contributed by atoms with Crippen LogP contribution in [0.5, 0.6) is 5.75 Å². The molecule has 0 bridgehead atoms. The second-order valence-electron chi connectivity index (χ2n) is 8.22. The van der Waals surface area contributed by atoms with E-state index in [1.807, 2.05) is 12.1 Å². The second-order valence-corrected chi connectivity index (χ2v) is 10.5. The average molecular weight is 560 g/mol. The Morgan fingerprint density at radius 3 is 2.63 bits per heavy atom. The van der Waals surface area contributed by atoms with Crippen LogP contribution in [0.2, 0.25) is 5.02 Å². The Hall–Kier alpha value is -4.16. The van der Waals surface area contributed by atoms with Gasteiger partial charge in [-0.25, -0.2) is 13.2 Å². The highest BCUT2D eigenvalue weighted by atomic mass is 35.5. The first kappa shape index (κ1) is 26.9. The number of fused-ring (bicyclic) bond motifs is 1. The zero-order valence-corrected chi connectivity index (χ0v) is 21.6. The predicted octanol–water partition coefficient (Wildman–Crippen LogP) is 4.19. The SMILES string of the molecule is COc1ccc(C(=O)OCC(=O)Nc2ccc(Cl)cc2[N+](=O)[O-])cc1S(=O)(=O)N1CCCc2ccccc21. The standard InChI is InChI=1S/C25H22ClN3O8S/c1-36-22-11-8-17(13-23(22)38(34,35)28-12-4-6-16-5-2-3-7-20(16)28)25(31)37-15-24(30)27-19-10-9-18(26)14-21(19)29(32)33/h2-3,5,7-11,13-14H,4,6,12,15H2,1H3,(H,27,30). The number of esters is 1. The molecule has 13 heteroatoms. The predicted molar refractivity (Wildman–Crippen MR) is 139 cm³/mol. The smallest absolute Gasteiger partial charge is 0.338 e. The molecule has 3 aromatic rings. The minimum absolute atomic E-state index is 0.0393. The summed E-state index contributed by atoms with van der Waals surface area (Å²) >= 11 is 5.77. The van der Waals surface area contributed by atoms with Crippen molar-refractivity contribution in [2.75, 3.05) is 29.9 Å². The van der Waals surface area contributed by atoms with Crippen LogP contribution in [0, 0.1) is 10.1 Å². The molecule has 198 valence electrons. The van der Waals surface area contributed by atoms with Crippen LogP contribution in [0.4, 0.5) is 17.1 Å². The normalized spacial score (nSPS) is 12.8. The lowest BCUT2D eigenvalue weighted by atomic mass is 10.0. The van der Waals surface area contributed by atoms with Gasteiger partial charge in [0.1, 0.15) is 16.3 Å². The third-order valence-corrected chi connectivity index (χ3v) is 7.87. The summed E-state index contributed by atoms with van der Waals surface area (Å²) in [7, 11) is -2.80. The Bertz CT molecular complexity index is 1530. The average Bonchev–Trinajstić information content (AvgIpc) is 2.91. The van der Waals surface area contributed by atoms with Crippen LogP contribution in [-0.2, 0) is 26.0 Å². The number of halogens is 1. The maximum absolute atomic E-state index is 13.6. The number of nitrogens with one attached hydrogen (secondary N) is 1. The number of nitro groups is 1. The minimum atomic E-state index is -4.12. The second kappa shape index (κ2) is 11.1.